The first kappa shape index (κ1) is 12.6. The predicted octanol–water partition coefficient (Wildman–Crippen LogP) is 1.95. The van der Waals surface area contributed by atoms with E-state index in [9.17, 15) is 18.0 Å². The molecular formula is C10H13F3N2O. The van der Waals surface area contributed by atoms with Crippen LogP contribution in [-0.4, -0.2) is 23.2 Å². The number of rotatable bonds is 5. The van der Waals surface area contributed by atoms with Gasteiger partial charge in [-0.2, -0.15) is 13.2 Å². The molecule has 1 heterocycles. The number of alkyl halides is 3. The Morgan fingerprint density at radius 2 is 1.88 bits per heavy atom. The molecule has 0 radical (unpaired) electrons. The van der Waals surface area contributed by atoms with E-state index in [4.69, 9.17) is 0 Å². The second kappa shape index (κ2) is 5.58. The van der Waals surface area contributed by atoms with Crippen LogP contribution in [0.25, 0.3) is 0 Å². The Morgan fingerprint density at radius 1 is 1.25 bits per heavy atom. The zero-order valence-electron chi connectivity index (χ0n) is 8.63. The molecule has 16 heavy (non-hydrogen) atoms. The topological polar surface area (TPSA) is 34.0 Å². The average molecular weight is 234 g/mol. The summed E-state index contributed by atoms with van der Waals surface area (Å²) in [6.45, 7) is -0.623. The normalized spacial score (nSPS) is 11.4. The van der Waals surface area contributed by atoms with Crippen LogP contribution in [0.3, 0.4) is 0 Å². The molecule has 0 aliphatic heterocycles. The van der Waals surface area contributed by atoms with Gasteiger partial charge < -0.3 is 9.88 Å². The van der Waals surface area contributed by atoms with Crippen LogP contribution in [0.2, 0.25) is 0 Å². The van der Waals surface area contributed by atoms with Crippen molar-refractivity contribution in [3.8, 4) is 0 Å². The van der Waals surface area contributed by atoms with Crippen molar-refractivity contribution < 1.29 is 18.0 Å². The Hall–Kier alpha value is -1.46. The van der Waals surface area contributed by atoms with Gasteiger partial charge in [0.1, 0.15) is 6.54 Å². The summed E-state index contributed by atoms with van der Waals surface area (Å²) in [6.07, 6.45) is -0.0239. The van der Waals surface area contributed by atoms with Crippen LogP contribution in [0, 0.1) is 0 Å². The second-order valence-corrected chi connectivity index (χ2v) is 3.42. The van der Waals surface area contributed by atoms with Crippen molar-refractivity contribution >= 4 is 5.91 Å². The minimum atomic E-state index is -4.34. The third-order valence-corrected chi connectivity index (χ3v) is 1.97. The highest BCUT2D eigenvalue weighted by Gasteiger charge is 2.27. The van der Waals surface area contributed by atoms with Crippen molar-refractivity contribution in [1.29, 1.82) is 0 Å². The fraction of sp³-hybridized carbons (Fsp3) is 0.500. The Balaban J connectivity index is 2.11. The lowest BCUT2D eigenvalue weighted by Crippen LogP contribution is -2.33. The number of aromatic nitrogens is 1. The van der Waals surface area contributed by atoms with Gasteiger partial charge in [0.05, 0.1) is 0 Å². The van der Waals surface area contributed by atoms with Crippen molar-refractivity contribution in [3.63, 3.8) is 0 Å². The molecule has 0 atom stereocenters. The molecule has 1 amide bonds. The number of nitrogens with one attached hydrogen (secondary N) is 1. The Bertz CT molecular complexity index is 319. The van der Waals surface area contributed by atoms with E-state index in [1.54, 1.807) is 0 Å². The van der Waals surface area contributed by atoms with Crippen LogP contribution in [0.15, 0.2) is 24.5 Å². The Morgan fingerprint density at radius 3 is 2.44 bits per heavy atom. The van der Waals surface area contributed by atoms with Gasteiger partial charge in [0, 0.05) is 25.4 Å². The summed E-state index contributed by atoms with van der Waals surface area (Å²) in [7, 11) is 0. The largest absolute Gasteiger partial charge is 0.405 e. The van der Waals surface area contributed by atoms with Crippen LogP contribution in [0.4, 0.5) is 13.2 Å². The average Bonchev–Trinajstić information content (AvgIpc) is 2.66. The summed E-state index contributed by atoms with van der Waals surface area (Å²) < 4.78 is 37.1. The standard InChI is InChI=1S/C10H13F3N2O/c11-10(12,13)8-14-9(16)4-3-7-15-5-1-2-6-15/h1-2,5-6H,3-4,7-8H2,(H,14,16). The van der Waals surface area contributed by atoms with Gasteiger partial charge in [0.15, 0.2) is 0 Å². The summed E-state index contributed by atoms with van der Waals surface area (Å²) >= 11 is 0. The molecule has 0 aromatic carbocycles. The Kier molecular flexibility index (Phi) is 4.39. The Labute approximate surface area is 91.2 Å². The summed E-state index contributed by atoms with van der Waals surface area (Å²) in [6, 6.07) is 3.70. The van der Waals surface area contributed by atoms with E-state index < -0.39 is 18.6 Å². The van der Waals surface area contributed by atoms with Crippen molar-refractivity contribution in [2.75, 3.05) is 6.54 Å². The van der Waals surface area contributed by atoms with Crippen LogP contribution in [-0.2, 0) is 11.3 Å². The number of amides is 1. The monoisotopic (exact) mass is 234 g/mol. The lowest BCUT2D eigenvalue weighted by Gasteiger charge is -2.08. The molecule has 0 fully saturated rings. The smallest absolute Gasteiger partial charge is 0.354 e. The molecule has 0 unspecified atom stereocenters. The van der Waals surface area contributed by atoms with Crippen LogP contribution in [0.1, 0.15) is 12.8 Å². The first-order chi connectivity index (χ1) is 7.47. The third kappa shape index (κ3) is 5.43. The van der Waals surface area contributed by atoms with Gasteiger partial charge in [-0.3, -0.25) is 4.79 Å². The van der Waals surface area contributed by atoms with Gasteiger partial charge in [0.2, 0.25) is 5.91 Å². The van der Waals surface area contributed by atoms with Crippen molar-refractivity contribution in [3.05, 3.63) is 24.5 Å². The number of hydrogen-bond donors (Lipinski definition) is 1. The van der Waals surface area contributed by atoms with E-state index in [1.807, 2.05) is 34.4 Å². The summed E-state index contributed by atoms with van der Waals surface area (Å²) in [5.74, 6) is -0.565. The van der Waals surface area contributed by atoms with Gasteiger partial charge in [0.25, 0.3) is 0 Å². The van der Waals surface area contributed by atoms with E-state index in [-0.39, 0.29) is 6.42 Å². The number of halogens is 3. The van der Waals surface area contributed by atoms with E-state index in [0.717, 1.165) is 0 Å². The number of nitrogens with zero attached hydrogens (tertiary/aromatic N) is 1. The minimum Gasteiger partial charge on any atom is -0.354 e. The molecule has 0 saturated heterocycles. The quantitative estimate of drug-likeness (QED) is 0.830. The van der Waals surface area contributed by atoms with Crippen LogP contribution in [0.5, 0.6) is 0 Å². The summed E-state index contributed by atoms with van der Waals surface area (Å²) in [5, 5.41) is 1.83. The van der Waals surface area contributed by atoms with Crippen molar-refractivity contribution in [2.45, 2.75) is 25.6 Å². The molecule has 0 bridgehead atoms. The fourth-order valence-corrected chi connectivity index (χ4v) is 1.23. The number of hydrogen-bond acceptors (Lipinski definition) is 1. The number of carbonyl (C=O) groups excluding carboxylic acids is 1. The predicted molar refractivity (Wildman–Crippen MR) is 52.7 cm³/mol. The third-order valence-electron chi connectivity index (χ3n) is 1.97. The van der Waals surface area contributed by atoms with E-state index in [1.165, 1.54) is 0 Å². The molecule has 0 aliphatic rings. The van der Waals surface area contributed by atoms with Gasteiger partial charge in [-0.15, -0.1) is 0 Å². The molecule has 1 rings (SSSR count). The van der Waals surface area contributed by atoms with Gasteiger partial charge in [-0.1, -0.05) is 0 Å². The lowest BCUT2D eigenvalue weighted by molar-refractivity contribution is -0.138. The fourth-order valence-electron chi connectivity index (χ4n) is 1.23. The maximum absolute atomic E-state index is 11.7. The molecule has 1 aromatic rings. The molecular weight excluding hydrogens is 221 g/mol. The molecule has 1 N–H and O–H groups in total. The van der Waals surface area contributed by atoms with Crippen LogP contribution >= 0.6 is 0 Å². The maximum Gasteiger partial charge on any atom is 0.405 e. The van der Waals surface area contributed by atoms with Gasteiger partial charge in [-0.05, 0) is 18.6 Å². The summed E-state index contributed by atoms with van der Waals surface area (Å²) in [4.78, 5) is 11.0. The SMILES string of the molecule is O=C(CCCn1cccc1)NCC(F)(F)F. The van der Waals surface area contributed by atoms with Gasteiger partial charge >= 0.3 is 6.18 Å². The molecule has 6 heteroatoms. The molecule has 90 valence electrons. The maximum atomic E-state index is 11.7. The molecule has 0 aliphatic carbocycles. The van der Waals surface area contributed by atoms with E-state index >= 15 is 0 Å². The molecule has 1 aromatic heterocycles. The molecule has 3 nitrogen and oxygen atoms in total. The minimum absolute atomic E-state index is 0.105. The lowest BCUT2D eigenvalue weighted by atomic mass is 10.3. The highest BCUT2D eigenvalue weighted by molar-refractivity contribution is 5.75. The van der Waals surface area contributed by atoms with Crippen molar-refractivity contribution in [1.82, 2.24) is 9.88 Å². The zero-order valence-corrected chi connectivity index (χ0v) is 8.63. The first-order valence-corrected chi connectivity index (χ1v) is 4.91. The van der Waals surface area contributed by atoms with E-state index in [2.05, 4.69) is 0 Å². The van der Waals surface area contributed by atoms with Gasteiger partial charge in [-0.25, -0.2) is 0 Å². The highest BCUT2D eigenvalue weighted by Crippen LogP contribution is 2.12. The first-order valence-electron chi connectivity index (χ1n) is 4.91. The van der Waals surface area contributed by atoms with Crippen molar-refractivity contribution in [2.24, 2.45) is 0 Å². The highest BCUT2D eigenvalue weighted by atomic mass is 19.4. The number of aryl methyl sites for hydroxylation is 1. The zero-order chi connectivity index (χ0) is 12.0. The number of carbonyl (C=O) groups is 1. The van der Waals surface area contributed by atoms with E-state index in [0.29, 0.717) is 13.0 Å². The van der Waals surface area contributed by atoms with Crippen LogP contribution < -0.4 is 5.32 Å². The molecule has 0 spiro atoms. The molecule has 0 saturated carbocycles. The second-order valence-electron chi connectivity index (χ2n) is 3.42. The summed E-state index contributed by atoms with van der Waals surface area (Å²) in [5.41, 5.74) is 0.